The molecule has 3 heteroatoms. The monoisotopic (exact) mass is 129 g/mol. The zero-order chi connectivity index (χ0) is 7.28. The summed E-state index contributed by atoms with van der Waals surface area (Å²) in [6.45, 7) is 3.67. The van der Waals surface area contributed by atoms with E-state index in [1.165, 1.54) is 0 Å². The minimum atomic E-state index is -0.872. The van der Waals surface area contributed by atoms with Crippen molar-refractivity contribution in [1.82, 2.24) is 0 Å². The van der Waals surface area contributed by atoms with Crippen molar-refractivity contribution < 1.29 is 9.90 Å². The van der Waals surface area contributed by atoms with Crippen LogP contribution in [0.3, 0.4) is 0 Å². The number of rotatable bonds is 3. The van der Waals surface area contributed by atoms with E-state index in [4.69, 9.17) is 5.11 Å². The van der Waals surface area contributed by atoms with E-state index in [1.54, 1.807) is 0 Å². The maximum Gasteiger partial charge on any atom is 0.325 e. The Bertz CT molecular complexity index is 129. The first-order valence-corrected chi connectivity index (χ1v) is 2.88. The van der Waals surface area contributed by atoms with Crippen LogP contribution in [0.25, 0.3) is 0 Å². The van der Waals surface area contributed by atoms with Crippen LogP contribution in [0.15, 0.2) is 4.99 Å². The molecular weight excluding hydrogens is 118 g/mol. The zero-order valence-electron chi connectivity index (χ0n) is 5.72. The first-order chi connectivity index (χ1) is 4.16. The van der Waals surface area contributed by atoms with Crippen molar-refractivity contribution >= 4 is 11.7 Å². The molecule has 0 amide bonds. The summed E-state index contributed by atoms with van der Waals surface area (Å²) in [7, 11) is 0. The van der Waals surface area contributed by atoms with Crippen LogP contribution in [0.4, 0.5) is 0 Å². The topological polar surface area (TPSA) is 49.7 Å². The lowest BCUT2D eigenvalue weighted by Crippen LogP contribution is -2.01. The van der Waals surface area contributed by atoms with Gasteiger partial charge in [0.1, 0.15) is 6.54 Å². The van der Waals surface area contributed by atoms with Gasteiger partial charge in [-0.1, -0.05) is 6.92 Å². The highest BCUT2D eigenvalue weighted by Gasteiger charge is 1.91. The van der Waals surface area contributed by atoms with Crippen molar-refractivity contribution in [3.05, 3.63) is 0 Å². The highest BCUT2D eigenvalue weighted by molar-refractivity contribution is 5.83. The second kappa shape index (κ2) is 4.06. The van der Waals surface area contributed by atoms with Crippen molar-refractivity contribution in [2.24, 2.45) is 4.99 Å². The molecule has 0 aliphatic heterocycles. The molecule has 0 aliphatic rings. The van der Waals surface area contributed by atoms with Crippen molar-refractivity contribution in [1.29, 1.82) is 0 Å². The summed E-state index contributed by atoms with van der Waals surface area (Å²) in [4.78, 5) is 13.7. The van der Waals surface area contributed by atoms with Crippen LogP contribution in [0.2, 0.25) is 0 Å². The molecule has 9 heavy (non-hydrogen) atoms. The third kappa shape index (κ3) is 5.00. The quantitative estimate of drug-likeness (QED) is 0.576. The van der Waals surface area contributed by atoms with E-state index in [0.29, 0.717) is 0 Å². The maximum absolute atomic E-state index is 9.91. The van der Waals surface area contributed by atoms with Gasteiger partial charge < -0.3 is 5.11 Å². The number of hydrogen-bond acceptors (Lipinski definition) is 2. The lowest BCUT2D eigenvalue weighted by molar-refractivity contribution is -0.135. The smallest absolute Gasteiger partial charge is 0.325 e. The number of aliphatic imine (C=N–C) groups is 1. The Kier molecular flexibility index (Phi) is 3.67. The molecule has 0 aliphatic carbocycles. The maximum atomic E-state index is 9.91. The predicted octanol–water partition coefficient (Wildman–Crippen LogP) is 0.942. The predicted molar refractivity (Wildman–Crippen MR) is 35.9 cm³/mol. The Labute approximate surface area is 54.4 Å². The van der Waals surface area contributed by atoms with Crippen LogP contribution in [0.5, 0.6) is 0 Å². The number of aliphatic carboxylic acids is 1. The van der Waals surface area contributed by atoms with Gasteiger partial charge in [0, 0.05) is 5.71 Å². The summed E-state index contributed by atoms with van der Waals surface area (Å²) in [6, 6.07) is 0. The van der Waals surface area contributed by atoms with Crippen LogP contribution in [-0.2, 0) is 4.79 Å². The van der Waals surface area contributed by atoms with Crippen LogP contribution in [0.1, 0.15) is 20.3 Å². The second-order valence-corrected chi connectivity index (χ2v) is 1.80. The van der Waals surface area contributed by atoms with Gasteiger partial charge >= 0.3 is 5.97 Å². The van der Waals surface area contributed by atoms with E-state index in [-0.39, 0.29) is 6.54 Å². The van der Waals surface area contributed by atoms with Gasteiger partial charge in [0.2, 0.25) is 0 Å². The van der Waals surface area contributed by atoms with E-state index < -0.39 is 5.97 Å². The third-order valence-corrected chi connectivity index (χ3v) is 0.996. The van der Waals surface area contributed by atoms with Gasteiger partial charge in [-0.15, -0.1) is 0 Å². The van der Waals surface area contributed by atoms with Crippen LogP contribution in [0, 0.1) is 0 Å². The third-order valence-electron chi connectivity index (χ3n) is 0.996. The number of carbonyl (C=O) groups is 1. The van der Waals surface area contributed by atoms with Crippen molar-refractivity contribution in [3.8, 4) is 0 Å². The molecule has 0 heterocycles. The zero-order valence-corrected chi connectivity index (χ0v) is 5.72. The van der Waals surface area contributed by atoms with E-state index in [1.807, 2.05) is 13.8 Å². The van der Waals surface area contributed by atoms with Crippen molar-refractivity contribution in [2.75, 3.05) is 6.54 Å². The average Bonchev–Trinajstić information content (AvgIpc) is 1.83. The molecule has 0 atom stereocenters. The Balaban J connectivity index is 3.56. The Morgan fingerprint density at radius 3 is 2.56 bits per heavy atom. The molecule has 3 nitrogen and oxygen atoms in total. The molecule has 0 saturated heterocycles. The first kappa shape index (κ1) is 8.14. The summed E-state index contributed by atoms with van der Waals surface area (Å²) >= 11 is 0. The number of nitrogens with zero attached hydrogens (tertiary/aromatic N) is 1. The van der Waals surface area contributed by atoms with Gasteiger partial charge in [-0.2, -0.15) is 0 Å². The highest BCUT2D eigenvalue weighted by atomic mass is 16.4. The molecule has 0 rings (SSSR count). The summed E-state index contributed by atoms with van der Waals surface area (Å²) in [5.74, 6) is -0.872. The normalized spacial score (nSPS) is 11.6. The molecule has 0 aromatic carbocycles. The van der Waals surface area contributed by atoms with Gasteiger partial charge in [0.05, 0.1) is 0 Å². The number of carboxylic acids is 1. The van der Waals surface area contributed by atoms with Gasteiger partial charge in [0.15, 0.2) is 0 Å². The Morgan fingerprint density at radius 1 is 1.67 bits per heavy atom. The van der Waals surface area contributed by atoms with Crippen molar-refractivity contribution in [3.63, 3.8) is 0 Å². The molecule has 1 N–H and O–H groups in total. The van der Waals surface area contributed by atoms with Gasteiger partial charge in [0.25, 0.3) is 0 Å². The van der Waals surface area contributed by atoms with Crippen LogP contribution >= 0.6 is 0 Å². The molecule has 0 radical (unpaired) electrons. The Hall–Kier alpha value is -0.860. The lowest BCUT2D eigenvalue weighted by atomic mass is 10.3. The number of carboxylic acid groups (broad SMARTS) is 1. The molecule has 0 unspecified atom stereocenters. The van der Waals surface area contributed by atoms with E-state index in [2.05, 4.69) is 4.99 Å². The summed E-state index contributed by atoms with van der Waals surface area (Å²) in [6.07, 6.45) is 0.827. The molecule has 0 fully saturated rings. The molecule has 0 spiro atoms. The summed E-state index contributed by atoms with van der Waals surface area (Å²) < 4.78 is 0. The fraction of sp³-hybridized carbons (Fsp3) is 0.667. The lowest BCUT2D eigenvalue weighted by Gasteiger charge is -1.90. The molecule has 0 saturated carbocycles. The number of hydrogen-bond donors (Lipinski definition) is 1. The minimum absolute atomic E-state index is 0.0975. The molecule has 0 bridgehead atoms. The van der Waals surface area contributed by atoms with Gasteiger partial charge in [-0.3, -0.25) is 9.79 Å². The minimum Gasteiger partial charge on any atom is -0.480 e. The molecular formula is C6H11NO2. The van der Waals surface area contributed by atoms with E-state index in [9.17, 15) is 4.79 Å². The van der Waals surface area contributed by atoms with Gasteiger partial charge in [-0.25, -0.2) is 0 Å². The summed E-state index contributed by atoms with van der Waals surface area (Å²) in [5.41, 5.74) is 0.886. The van der Waals surface area contributed by atoms with E-state index >= 15 is 0 Å². The highest BCUT2D eigenvalue weighted by Crippen LogP contribution is 1.83. The fourth-order valence-corrected chi connectivity index (χ4v) is 0.314. The van der Waals surface area contributed by atoms with E-state index in [0.717, 1.165) is 12.1 Å². The second-order valence-electron chi connectivity index (χ2n) is 1.80. The van der Waals surface area contributed by atoms with Crippen LogP contribution in [-0.4, -0.2) is 23.3 Å². The van der Waals surface area contributed by atoms with Crippen molar-refractivity contribution in [2.45, 2.75) is 20.3 Å². The molecule has 52 valence electrons. The van der Waals surface area contributed by atoms with Crippen LogP contribution < -0.4 is 0 Å². The fourth-order valence-electron chi connectivity index (χ4n) is 0.314. The standard InChI is InChI=1S/C6H11NO2/c1-3-5(2)7-4-6(8)9/h3-4H2,1-2H3,(H,8,9). The Morgan fingerprint density at radius 2 is 2.22 bits per heavy atom. The molecule has 0 aromatic heterocycles. The molecule has 0 aromatic rings. The SMILES string of the molecule is CCC(C)=NCC(=O)O. The largest absolute Gasteiger partial charge is 0.480 e. The summed E-state index contributed by atoms with van der Waals surface area (Å²) in [5, 5.41) is 8.15. The first-order valence-electron chi connectivity index (χ1n) is 2.88. The average molecular weight is 129 g/mol. The van der Waals surface area contributed by atoms with Gasteiger partial charge in [-0.05, 0) is 13.3 Å².